The van der Waals surface area contributed by atoms with E-state index in [-0.39, 0.29) is 24.2 Å². The number of rotatable bonds is 9. The van der Waals surface area contributed by atoms with Crippen molar-refractivity contribution in [1.29, 1.82) is 0 Å². The molecule has 1 aromatic carbocycles. The van der Waals surface area contributed by atoms with Gasteiger partial charge in [-0.25, -0.2) is 15.1 Å². The maximum atomic E-state index is 13.4. The highest BCUT2D eigenvalue weighted by Crippen LogP contribution is 2.35. The van der Waals surface area contributed by atoms with E-state index in [1.807, 2.05) is 30.3 Å². The number of aliphatic hydroxyl groups is 1. The molecule has 3 aromatic rings. The summed E-state index contributed by atoms with van der Waals surface area (Å²) in [5.74, 6) is -0.573. The summed E-state index contributed by atoms with van der Waals surface area (Å²) >= 11 is 11.2. The van der Waals surface area contributed by atoms with Crippen LogP contribution in [-0.4, -0.2) is 42.0 Å². The van der Waals surface area contributed by atoms with E-state index < -0.39 is 16.4 Å². The Kier molecular flexibility index (Phi) is 8.37. The largest absolute Gasteiger partial charge is 0.393 e. The van der Waals surface area contributed by atoms with E-state index in [0.717, 1.165) is 15.6 Å². The zero-order chi connectivity index (χ0) is 25.2. The van der Waals surface area contributed by atoms with Gasteiger partial charge in [0.05, 0.1) is 33.2 Å². The summed E-state index contributed by atoms with van der Waals surface area (Å²) in [6, 6.07) is 9.72. The van der Waals surface area contributed by atoms with Crippen molar-refractivity contribution in [2.45, 2.75) is 31.8 Å². The van der Waals surface area contributed by atoms with Crippen molar-refractivity contribution < 1.29 is 22.5 Å². The van der Waals surface area contributed by atoms with Gasteiger partial charge in [0.25, 0.3) is 0 Å². The molecule has 0 spiro atoms. The van der Waals surface area contributed by atoms with Crippen molar-refractivity contribution in [1.82, 2.24) is 9.97 Å². The van der Waals surface area contributed by atoms with Gasteiger partial charge in [-0.1, -0.05) is 39.7 Å². The maximum absolute atomic E-state index is 13.4. The molecule has 186 valence electrons. The van der Waals surface area contributed by atoms with Crippen LogP contribution in [0.4, 0.5) is 0 Å². The summed E-state index contributed by atoms with van der Waals surface area (Å²) in [6.45, 7) is -0.180. The van der Waals surface area contributed by atoms with Crippen LogP contribution in [0.15, 0.2) is 47.3 Å². The fraction of sp³-hybridized carbons (Fsp3) is 0.348. The first-order valence-electron chi connectivity index (χ1n) is 10.8. The molecule has 0 aliphatic heterocycles. The molecule has 1 aliphatic carbocycles. The Labute approximate surface area is 220 Å². The SMILES string of the molecule is NS(=O)(=O)OC[C@H]1C[C@@H](Cc2ncncc2C(=O)c2cc(Cc3cccc(Br)c3)c(Cl)s2)C[C@@H]1O. The predicted octanol–water partition coefficient (Wildman–Crippen LogP) is 3.93. The summed E-state index contributed by atoms with van der Waals surface area (Å²) in [7, 11) is -4.07. The lowest BCUT2D eigenvalue weighted by atomic mass is 9.96. The second-order valence-corrected chi connectivity index (χ2v) is 12.4. The third-order valence-corrected chi connectivity index (χ3v) is 8.38. The van der Waals surface area contributed by atoms with Crippen LogP contribution < -0.4 is 5.14 Å². The van der Waals surface area contributed by atoms with Crippen LogP contribution in [-0.2, 0) is 27.3 Å². The number of carbonyl (C=O) groups excluding carboxylic acids is 1. The van der Waals surface area contributed by atoms with Crippen LogP contribution >= 0.6 is 38.9 Å². The number of hydrogen-bond donors (Lipinski definition) is 2. The minimum Gasteiger partial charge on any atom is -0.393 e. The maximum Gasteiger partial charge on any atom is 0.333 e. The standard InChI is InChI=1S/C23H23BrClN3O5S2/c24-17-3-1-2-13(6-17)4-15-9-21(34-23(15)25)22(30)18-10-27-12-28-19(18)7-14-5-16(20(29)8-14)11-33-35(26,31)32/h1-3,6,9-10,12,14,16,20,29H,4-5,7-8,11H2,(H2,26,31,32)/t14-,16+,20-/m0/s1. The lowest BCUT2D eigenvalue weighted by Crippen LogP contribution is -2.24. The van der Waals surface area contributed by atoms with Crippen LogP contribution in [0.2, 0.25) is 4.34 Å². The molecule has 3 N–H and O–H groups in total. The van der Waals surface area contributed by atoms with Crippen molar-refractivity contribution >= 4 is 55.0 Å². The topological polar surface area (TPSA) is 132 Å². The van der Waals surface area contributed by atoms with E-state index in [9.17, 15) is 18.3 Å². The quantitative estimate of drug-likeness (QED) is 0.356. The highest BCUT2D eigenvalue weighted by Gasteiger charge is 2.35. The Morgan fingerprint density at radius 2 is 2.11 bits per heavy atom. The molecule has 0 amide bonds. The van der Waals surface area contributed by atoms with E-state index in [1.165, 1.54) is 23.9 Å². The second kappa shape index (κ2) is 11.1. The number of thiophene rings is 1. The smallest absolute Gasteiger partial charge is 0.333 e. The van der Waals surface area contributed by atoms with Crippen molar-refractivity contribution in [2.24, 2.45) is 17.0 Å². The minimum atomic E-state index is -4.07. The van der Waals surface area contributed by atoms with Gasteiger partial charge < -0.3 is 5.11 Å². The molecule has 0 bridgehead atoms. The van der Waals surface area contributed by atoms with Crippen molar-refractivity contribution in [3.05, 3.63) is 78.9 Å². The molecule has 12 heteroatoms. The van der Waals surface area contributed by atoms with E-state index in [1.54, 1.807) is 0 Å². The molecular weight excluding hydrogens is 578 g/mol. The fourth-order valence-electron chi connectivity index (χ4n) is 4.36. The Morgan fingerprint density at radius 3 is 2.86 bits per heavy atom. The van der Waals surface area contributed by atoms with E-state index >= 15 is 0 Å². The van der Waals surface area contributed by atoms with Crippen molar-refractivity contribution in [2.75, 3.05) is 6.61 Å². The molecule has 1 aliphatic rings. The van der Waals surface area contributed by atoms with Gasteiger partial charge in [-0.15, -0.1) is 11.3 Å². The van der Waals surface area contributed by atoms with Crippen molar-refractivity contribution in [3.63, 3.8) is 0 Å². The third-order valence-electron chi connectivity index (χ3n) is 5.99. The average Bonchev–Trinajstić information content (AvgIpc) is 3.33. The molecular formula is C23H23BrClN3O5S2. The van der Waals surface area contributed by atoms with Crippen LogP contribution in [0.3, 0.4) is 0 Å². The lowest BCUT2D eigenvalue weighted by Gasteiger charge is -2.13. The molecule has 4 rings (SSSR count). The number of hydrogen-bond acceptors (Lipinski definition) is 8. The van der Waals surface area contributed by atoms with Crippen LogP contribution in [0.1, 0.15) is 44.9 Å². The fourth-order valence-corrected chi connectivity index (χ4v) is 6.40. The van der Waals surface area contributed by atoms with Gasteiger partial charge in [-0.2, -0.15) is 8.42 Å². The summed E-state index contributed by atoms with van der Waals surface area (Å²) in [4.78, 5) is 22.3. The van der Waals surface area contributed by atoms with Gasteiger partial charge in [0.1, 0.15) is 6.33 Å². The predicted molar refractivity (Wildman–Crippen MR) is 137 cm³/mol. The van der Waals surface area contributed by atoms with Gasteiger partial charge in [0, 0.05) is 16.6 Å². The number of aromatic nitrogens is 2. The number of halogens is 2. The Balaban J connectivity index is 1.48. The number of carbonyl (C=O) groups is 1. The third kappa shape index (κ3) is 6.94. The number of nitrogens with two attached hydrogens (primary N) is 1. The van der Waals surface area contributed by atoms with E-state index in [4.69, 9.17) is 16.7 Å². The first-order valence-corrected chi connectivity index (χ1v) is 14.3. The molecule has 2 heterocycles. The van der Waals surface area contributed by atoms with Crippen LogP contribution in [0.25, 0.3) is 0 Å². The Bertz CT molecular complexity index is 1330. The van der Waals surface area contributed by atoms with Gasteiger partial charge in [0.15, 0.2) is 0 Å². The first-order chi connectivity index (χ1) is 16.6. The molecule has 2 aromatic heterocycles. The summed E-state index contributed by atoms with van der Waals surface area (Å²) in [6.07, 6.45) is 4.17. The second-order valence-electron chi connectivity index (χ2n) is 8.57. The first kappa shape index (κ1) is 26.3. The molecule has 35 heavy (non-hydrogen) atoms. The normalized spacial score (nSPS) is 20.3. The average molecular weight is 601 g/mol. The molecule has 8 nitrogen and oxygen atoms in total. The molecule has 1 fully saturated rings. The summed E-state index contributed by atoms with van der Waals surface area (Å²) < 4.78 is 28.3. The summed E-state index contributed by atoms with van der Waals surface area (Å²) in [5, 5.41) is 15.2. The number of benzene rings is 1. The molecule has 0 radical (unpaired) electrons. The van der Waals surface area contributed by atoms with Gasteiger partial charge in [-0.05, 0) is 60.9 Å². The number of nitrogens with zero attached hydrogens (tertiary/aromatic N) is 2. The monoisotopic (exact) mass is 599 g/mol. The lowest BCUT2D eigenvalue weighted by molar-refractivity contribution is 0.100. The summed E-state index contributed by atoms with van der Waals surface area (Å²) in [5.41, 5.74) is 2.90. The minimum absolute atomic E-state index is 0.000425. The Hall–Kier alpha value is -1.73. The number of aliphatic hydroxyl groups excluding tert-OH is 1. The molecule has 0 unspecified atom stereocenters. The molecule has 1 saturated carbocycles. The molecule has 0 saturated heterocycles. The van der Waals surface area contributed by atoms with Gasteiger partial charge in [-0.3, -0.25) is 8.98 Å². The highest BCUT2D eigenvalue weighted by molar-refractivity contribution is 9.10. The number of ketones is 1. The van der Waals surface area contributed by atoms with Gasteiger partial charge >= 0.3 is 10.3 Å². The zero-order valence-electron chi connectivity index (χ0n) is 18.4. The van der Waals surface area contributed by atoms with Crippen LogP contribution in [0.5, 0.6) is 0 Å². The van der Waals surface area contributed by atoms with E-state index in [2.05, 4.69) is 30.1 Å². The highest BCUT2D eigenvalue weighted by atomic mass is 79.9. The van der Waals surface area contributed by atoms with E-state index in [0.29, 0.717) is 46.2 Å². The zero-order valence-corrected chi connectivity index (χ0v) is 22.4. The van der Waals surface area contributed by atoms with Crippen LogP contribution in [0, 0.1) is 11.8 Å². The van der Waals surface area contributed by atoms with Gasteiger partial charge in [0.2, 0.25) is 5.78 Å². The van der Waals surface area contributed by atoms with Crippen molar-refractivity contribution in [3.8, 4) is 0 Å². The Morgan fingerprint density at radius 1 is 1.31 bits per heavy atom. The molecule has 3 atom stereocenters.